The molecule has 4 heteroatoms. The van der Waals surface area contributed by atoms with Gasteiger partial charge in [-0.25, -0.2) is 0 Å². The van der Waals surface area contributed by atoms with Crippen LogP contribution in [0, 0.1) is 0 Å². The van der Waals surface area contributed by atoms with Gasteiger partial charge in [-0.3, -0.25) is 4.90 Å². The second kappa shape index (κ2) is 5.34. The van der Waals surface area contributed by atoms with Gasteiger partial charge in [0.2, 0.25) is 0 Å². The molecule has 0 aliphatic carbocycles. The largest absolute Gasteiger partial charge is 0.291 e. The monoisotopic (exact) mass is 311 g/mol. The maximum Gasteiger partial charge on any atom is 0.0469 e. The Kier molecular flexibility index (Phi) is 3.72. The third kappa shape index (κ3) is 2.90. The van der Waals surface area contributed by atoms with E-state index < -0.39 is 0 Å². The molecule has 3 rings (SSSR count). The summed E-state index contributed by atoms with van der Waals surface area (Å²) in [6, 6.07) is 11.8. The second-order valence-corrected chi connectivity index (χ2v) is 6.08. The van der Waals surface area contributed by atoms with Gasteiger partial charge < -0.3 is 0 Å². The van der Waals surface area contributed by atoms with Crippen LogP contribution < -0.4 is 0 Å². The zero-order chi connectivity index (χ0) is 13.4. The van der Waals surface area contributed by atoms with Crippen molar-refractivity contribution in [2.75, 3.05) is 0 Å². The summed E-state index contributed by atoms with van der Waals surface area (Å²) in [5, 5.41) is 2.24. The van der Waals surface area contributed by atoms with E-state index in [0.29, 0.717) is 5.02 Å². The predicted molar refractivity (Wildman–Crippen MR) is 80.9 cm³/mol. The Balaban J connectivity index is 1.77. The van der Waals surface area contributed by atoms with Crippen LogP contribution in [0.1, 0.15) is 16.7 Å². The minimum Gasteiger partial charge on any atom is -0.291 e. The number of rotatable bonds is 2. The van der Waals surface area contributed by atoms with Crippen LogP contribution in [0.2, 0.25) is 15.1 Å². The Morgan fingerprint density at radius 2 is 1.63 bits per heavy atom. The van der Waals surface area contributed by atoms with Gasteiger partial charge in [-0.05, 0) is 41.0 Å². The first-order valence-corrected chi connectivity index (χ1v) is 7.19. The van der Waals surface area contributed by atoms with Crippen LogP contribution in [0.4, 0.5) is 0 Å². The SMILES string of the molecule is Clc1ccc(CN2Cc3cc(Cl)cc(Cl)c3C2)cc1. The highest BCUT2D eigenvalue weighted by Crippen LogP contribution is 2.33. The molecule has 0 radical (unpaired) electrons. The van der Waals surface area contributed by atoms with Crippen LogP contribution in [0.3, 0.4) is 0 Å². The average molecular weight is 313 g/mol. The summed E-state index contributed by atoms with van der Waals surface area (Å²) in [5.41, 5.74) is 3.67. The highest BCUT2D eigenvalue weighted by Gasteiger charge is 2.21. The molecule has 2 aromatic rings. The van der Waals surface area contributed by atoms with Crippen molar-refractivity contribution in [1.82, 2.24) is 4.90 Å². The molecule has 19 heavy (non-hydrogen) atoms. The molecular weight excluding hydrogens is 301 g/mol. The van der Waals surface area contributed by atoms with Gasteiger partial charge in [-0.2, -0.15) is 0 Å². The van der Waals surface area contributed by atoms with Gasteiger partial charge >= 0.3 is 0 Å². The van der Waals surface area contributed by atoms with Crippen molar-refractivity contribution < 1.29 is 0 Å². The van der Waals surface area contributed by atoms with Crippen molar-refractivity contribution >= 4 is 34.8 Å². The topological polar surface area (TPSA) is 3.24 Å². The molecule has 0 fully saturated rings. The minimum atomic E-state index is 0.706. The molecule has 2 aromatic carbocycles. The molecule has 0 N–H and O–H groups in total. The smallest absolute Gasteiger partial charge is 0.0469 e. The Hall–Kier alpha value is -0.730. The first-order valence-electron chi connectivity index (χ1n) is 6.05. The van der Waals surface area contributed by atoms with Crippen LogP contribution in [0.25, 0.3) is 0 Å². The molecule has 98 valence electrons. The Morgan fingerprint density at radius 3 is 2.37 bits per heavy atom. The lowest BCUT2D eigenvalue weighted by molar-refractivity contribution is 0.275. The van der Waals surface area contributed by atoms with E-state index in [1.165, 1.54) is 16.7 Å². The maximum absolute atomic E-state index is 6.24. The van der Waals surface area contributed by atoms with E-state index >= 15 is 0 Å². The summed E-state index contributed by atoms with van der Waals surface area (Å²) in [5.74, 6) is 0. The van der Waals surface area contributed by atoms with Crippen molar-refractivity contribution in [2.24, 2.45) is 0 Å². The van der Waals surface area contributed by atoms with E-state index in [9.17, 15) is 0 Å². The van der Waals surface area contributed by atoms with E-state index in [2.05, 4.69) is 17.0 Å². The van der Waals surface area contributed by atoms with Gasteiger partial charge in [0.05, 0.1) is 0 Å². The molecular formula is C15H12Cl3N. The summed E-state index contributed by atoms with van der Waals surface area (Å²) in [7, 11) is 0. The van der Waals surface area contributed by atoms with Crippen molar-refractivity contribution in [2.45, 2.75) is 19.6 Å². The Morgan fingerprint density at radius 1 is 0.895 bits per heavy atom. The molecule has 1 aliphatic rings. The summed E-state index contributed by atoms with van der Waals surface area (Å²) < 4.78 is 0. The molecule has 1 heterocycles. The third-order valence-electron chi connectivity index (χ3n) is 3.35. The van der Waals surface area contributed by atoms with Crippen molar-refractivity contribution in [3.05, 3.63) is 68.2 Å². The van der Waals surface area contributed by atoms with E-state index in [-0.39, 0.29) is 0 Å². The first-order chi connectivity index (χ1) is 9.11. The van der Waals surface area contributed by atoms with Crippen LogP contribution in [0.15, 0.2) is 36.4 Å². The quantitative estimate of drug-likeness (QED) is 0.740. The first kappa shape index (κ1) is 13.3. The van der Waals surface area contributed by atoms with E-state index in [4.69, 9.17) is 34.8 Å². The zero-order valence-electron chi connectivity index (χ0n) is 10.2. The van der Waals surface area contributed by atoms with Gasteiger partial charge in [0.25, 0.3) is 0 Å². The summed E-state index contributed by atoms with van der Waals surface area (Å²) >= 11 is 18.2. The fourth-order valence-electron chi connectivity index (χ4n) is 2.46. The van der Waals surface area contributed by atoms with E-state index in [1.54, 1.807) is 0 Å². The lowest BCUT2D eigenvalue weighted by atomic mass is 10.1. The van der Waals surface area contributed by atoms with Crippen LogP contribution in [0.5, 0.6) is 0 Å². The third-order valence-corrected chi connectivity index (χ3v) is 4.16. The Bertz CT molecular complexity index is 608. The van der Waals surface area contributed by atoms with Crippen molar-refractivity contribution in [1.29, 1.82) is 0 Å². The summed E-state index contributed by atoms with van der Waals surface area (Å²) in [4.78, 5) is 2.34. The van der Waals surface area contributed by atoms with Gasteiger partial charge in [0.1, 0.15) is 0 Å². The van der Waals surface area contributed by atoms with Crippen LogP contribution >= 0.6 is 34.8 Å². The Labute approximate surface area is 127 Å². The normalized spacial score (nSPS) is 14.7. The number of hydrogen-bond acceptors (Lipinski definition) is 1. The van der Waals surface area contributed by atoms with Crippen LogP contribution in [-0.4, -0.2) is 4.90 Å². The molecule has 0 unspecified atom stereocenters. The van der Waals surface area contributed by atoms with Gasteiger partial charge in [0, 0.05) is 34.7 Å². The highest BCUT2D eigenvalue weighted by molar-refractivity contribution is 6.35. The predicted octanol–water partition coefficient (Wildman–Crippen LogP) is 5.16. The summed E-state index contributed by atoms with van der Waals surface area (Å²) in [6.45, 7) is 2.64. The number of benzene rings is 2. The number of fused-ring (bicyclic) bond motifs is 1. The van der Waals surface area contributed by atoms with E-state index in [1.807, 2.05) is 24.3 Å². The average Bonchev–Trinajstić information content (AvgIpc) is 2.75. The van der Waals surface area contributed by atoms with Crippen molar-refractivity contribution in [3.8, 4) is 0 Å². The fraction of sp³-hybridized carbons (Fsp3) is 0.200. The standard InChI is InChI=1S/C15H12Cl3N/c16-12-3-1-10(2-4-12)7-19-8-11-5-13(17)6-15(18)14(11)9-19/h1-6H,7-9H2. The van der Waals surface area contributed by atoms with Gasteiger partial charge in [-0.1, -0.05) is 46.9 Å². The molecule has 0 spiro atoms. The molecule has 0 atom stereocenters. The molecule has 0 amide bonds. The minimum absolute atomic E-state index is 0.706. The number of nitrogens with zero attached hydrogens (tertiary/aromatic N) is 1. The maximum atomic E-state index is 6.24. The molecule has 1 aliphatic heterocycles. The zero-order valence-corrected chi connectivity index (χ0v) is 12.4. The summed E-state index contributed by atoms with van der Waals surface area (Å²) in [6.07, 6.45) is 0. The second-order valence-electron chi connectivity index (χ2n) is 4.80. The molecule has 1 nitrogen and oxygen atoms in total. The lowest BCUT2D eigenvalue weighted by Crippen LogP contribution is -2.15. The van der Waals surface area contributed by atoms with Gasteiger partial charge in [-0.15, -0.1) is 0 Å². The molecule has 0 saturated carbocycles. The van der Waals surface area contributed by atoms with Gasteiger partial charge in [0.15, 0.2) is 0 Å². The molecule has 0 bridgehead atoms. The highest BCUT2D eigenvalue weighted by atomic mass is 35.5. The van der Waals surface area contributed by atoms with Crippen LogP contribution in [-0.2, 0) is 19.6 Å². The lowest BCUT2D eigenvalue weighted by Gasteiger charge is -2.14. The van der Waals surface area contributed by atoms with E-state index in [0.717, 1.165) is 29.7 Å². The molecule has 0 saturated heterocycles. The van der Waals surface area contributed by atoms with Crippen molar-refractivity contribution in [3.63, 3.8) is 0 Å². The fourth-order valence-corrected chi connectivity index (χ4v) is 3.18. The number of hydrogen-bond donors (Lipinski definition) is 0. The molecule has 0 aromatic heterocycles. The number of halogens is 3.